The van der Waals surface area contributed by atoms with Gasteiger partial charge in [-0.15, -0.1) is 11.3 Å². The Labute approximate surface area is 156 Å². The number of thiophene rings is 1. The molecule has 1 atom stereocenters. The molecule has 1 aromatic carbocycles. The number of carbonyl (C=O) groups excluding carboxylic acids is 1. The average molecular weight is 372 g/mol. The van der Waals surface area contributed by atoms with Crippen LogP contribution in [0.4, 0.5) is 0 Å². The normalized spacial score (nSPS) is 12.4. The summed E-state index contributed by atoms with van der Waals surface area (Å²) in [5, 5.41) is 6.05. The van der Waals surface area contributed by atoms with Gasteiger partial charge in [0.2, 0.25) is 5.91 Å². The summed E-state index contributed by atoms with van der Waals surface area (Å²) >= 11 is 3.07. The van der Waals surface area contributed by atoms with Gasteiger partial charge >= 0.3 is 0 Å². The fourth-order valence-electron chi connectivity index (χ4n) is 2.67. The van der Waals surface area contributed by atoms with E-state index in [4.69, 9.17) is 0 Å². The molecule has 2 aromatic heterocycles. The maximum atomic E-state index is 12.5. The van der Waals surface area contributed by atoms with Gasteiger partial charge in [-0.1, -0.05) is 55.9 Å². The maximum absolute atomic E-state index is 12.5. The molecule has 0 saturated carbocycles. The molecule has 1 amide bonds. The first-order valence-corrected chi connectivity index (χ1v) is 10.2. The molecule has 6 heteroatoms. The molecular formula is C19H21N3OS2. The fourth-order valence-corrected chi connectivity index (χ4v) is 4.43. The molecule has 25 heavy (non-hydrogen) atoms. The Bertz CT molecular complexity index is 833. The summed E-state index contributed by atoms with van der Waals surface area (Å²) in [6.07, 6.45) is 2.48. The second-order valence-corrected chi connectivity index (χ2v) is 8.14. The van der Waals surface area contributed by atoms with Crippen molar-refractivity contribution in [3.8, 4) is 0 Å². The van der Waals surface area contributed by atoms with Gasteiger partial charge in [-0.2, -0.15) is 0 Å². The van der Waals surface area contributed by atoms with Crippen molar-refractivity contribution in [1.82, 2.24) is 15.3 Å². The molecule has 0 bridgehead atoms. The van der Waals surface area contributed by atoms with Crippen molar-refractivity contribution < 1.29 is 4.79 Å². The molecule has 4 nitrogen and oxygen atoms in total. The average Bonchev–Trinajstić information content (AvgIpc) is 3.09. The first-order chi connectivity index (χ1) is 12.1. The molecule has 1 N–H and O–H groups in total. The van der Waals surface area contributed by atoms with Gasteiger partial charge < -0.3 is 5.32 Å². The Morgan fingerprint density at radius 3 is 2.76 bits per heavy atom. The zero-order valence-corrected chi connectivity index (χ0v) is 15.9. The van der Waals surface area contributed by atoms with E-state index in [0.717, 1.165) is 27.2 Å². The van der Waals surface area contributed by atoms with E-state index in [2.05, 4.69) is 41.3 Å². The Balaban J connectivity index is 1.64. The molecule has 0 saturated heterocycles. The minimum absolute atomic E-state index is 0.0304. The van der Waals surface area contributed by atoms with Gasteiger partial charge in [-0.3, -0.25) is 4.79 Å². The minimum Gasteiger partial charge on any atom is -0.349 e. The van der Waals surface area contributed by atoms with E-state index in [-0.39, 0.29) is 11.9 Å². The molecule has 2 heterocycles. The number of hydrogen-bond donors (Lipinski definition) is 1. The molecule has 0 spiro atoms. The van der Waals surface area contributed by atoms with Crippen LogP contribution >= 0.6 is 23.1 Å². The maximum Gasteiger partial charge on any atom is 0.230 e. The van der Waals surface area contributed by atoms with Gasteiger partial charge in [-0.05, 0) is 29.3 Å². The number of rotatable bonds is 7. The molecule has 0 radical (unpaired) electrons. The molecule has 130 valence electrons. The Hall–Kier alpha value is -1.92. The highest BCUT2D eigenvalue weighted by atomic mass is 32.2. The summed E-state index contributed by atoms with van der Waals surface area (Å²) in [4.78, 5) is 21.0. The van der Waals surface area contributed by atoms with Gasteiger partial charge in [0.1, 0.15) is 11.4 Å². The lowest BCUT2D eigenvalue weighted by atomic mass is 9.97. The zero-order chi connectivity index (χ0) is 17.6. The van der Waals surface area contributed by atoms with Crippen molar-refractivity contribution in [1.29, 1.82) is 0 Å². The summed E-state index contributed by atoms with van der Waals surface area (Å²) in [6, 6.07) is 12.2. The van der Waals surface area contributed by atoms with E-state index in [1.165, 1.54) is 11.8 Å². The van der Waals surface area contributed by atoms with Crippen LogP contribution in [0.25, 0.3) is 10.2 Å². The summed E-state index contributed by atoms with van der Waals surface area (Å²) in [5.74, 6) is 0.888. The summed E-state index contributed by atoms with van der Waals surface area (Å²) in [7, 11) is 0. The van der Waals surface area contributed by atoms with Crippen LogP contribution in [0.2, 0.25) is 0 Å². The zero-order valence-electron chi connectivity index (χ0n) is 14.3. The van der Waals surface area contributed by atoms with Crippen molar-refractivity contribution in [3.63, 3.8) is 0 Å². The van der Waals surface area contributed by atoms with Crippen molar-refractivity contribution in [2.24, 2.45) is 5.92 Å². The topological polar surface area (TPSA) is 54.9 Å². The van der Waals surface area contributed by atoms with Crippen LogP contribution in [0.3, 0.4) is 0 Å². The lowest BCUT2D eigenvalue weighted by Gasteiger charge is -2.21. The van der Waals surface area contributed by atoms with Crippen molar-refractivity contribution in [2.45, 2.75) is 31.3 Å². The Kier molecular flexibility index (Phi) is 6.04. The van der Waals surface area contributed by atoms with Crippen LogP contribution in [-0.2, 0) is 4.79 Å². The van der Waals surface area contributed by atoms with E-state index in [9.17, 15) is 4.79 Å². The molecule has 0 aliphatic heterocycles. The Morgan fingerprint density at radius 2 is 2.00 bits per heavy atom. The highest BCUT2D eigenvalue weighted by molar-refractivity contribution is 8.00. The van der Waals surface area contributed by atoms with Crippen LogP contribution in [0.1, 0.15) is 31.9 Å². The van der Waals surface area contributed by atoms with Gasteiger partial charge in [0.25, 0.3) is 0 Å². The smallest absolute Gasteiger partial charge is 0.230 e. The third kappa shape index (κ3) is 4.80. The van der Waals surface area contributed by atoms with Crippen LogP contribution < -0.4 is 5.32 Å². The molecule has 0 aliphatic rings. The molecule has 0 fully saturated rings. The van der Waals surface area contributed by atoms with Crippen molar-refractivity contribution >= 4 is 39.2 Å². The van der Waals surface area contributed by atoms with Crippen LogP contribution in [0, 0.1) is 5.92 Å². The number of aromatic nitrogens is 2. The van der Waals surface area contributed by atoms with Gasteiger partial charge in [-0.25, -0.2) is 9.97 Å². The molecular weight excluding hydrogens is 350 g/mol. The van der Waals surface area contributed by atoms with E-state index < -0.39 is 0 Å². The molecule has 3 rings (SSSR count). The van der Waals surface area contributed by atoms with E-state index in [1.54, 1.807) is 17.7 Å². The van der Waals surface area contributed by atoms with Crippen molar-refractivity contribution in [2.75, 3.05) is 5.75 Å². The number of hydrogen-bond acceptors (Lipinski definition) is 5. The first-order valence-electron chi connectivity index (χ1n) is 8.29. The second-order valence-electron chi connectivity index (χ2n) is 6.26. The number of carbonyl (C=O) groups is 1. The summed E-state index contributed by atoms with van der Waals surface area (Å²) in [5.41, 5.74) is 2.09. The fraction of sp³-hybridized carbons (Fsp3) is 0.316. The predicted molar refractivity (Wildman–Crippen MR) is 105 cm³/mol. The number of nitrogens with one attached hydrogen (secondary N) is 1. The van der Waals surface area contributed by atoms with Gasteiger partial charge in [0.05, 0.1) is 22.0 Å². The number of nitrogens with zero attached hydrogens (tertiary/aromatic N) is 2. The standard InChI is InChI=1S/C19H21N3OS2/c1-13(2)10-16(14-6-4-3-5-7-14)22-17(23)11-25-19-18-15(8-9-24-18)20-12-21-19/h3-9,12-13,16H,10-11H2,1-2H3,(H,22,23). The van der Waals surface area contributed by atoms with Crippen molar-refractivity contribution in [3.05, 3.63) is 53.7 Å². The molecule has 1 unspecified atom stereocenters. The van der Waals surface area contributed by atoms with Crippen LogP contribution in [0.15, 0.2) is 53.1 Å². The quantitative estimate of drug-likeness (QED) is 0.484. The first kappa shape index (κ1) is 17.9. The van der Waals surface area contributed by atoms with Gasteiger partial charge in [0, 0.05) is 0 Å². The molecule has 0 aliphatic carbocycles. The van der Waals surface area contributed by atoms with E-state index in [0.29, 0.717) is 11.7 Å². The predicted octanol–water partition coefficient (Wildman–Crippen LogP) is 4.69. The highest BCUT2D eigenvalue weighted by Crippen LogP contribution is 2.29. The van der Waals surface area contributed by atoms with Crippen LogP contribution in [-0.4, -0.2) is 21.6 Å². The highest BCUT2D eigenvalue weighted by Gasteiger charge is 2.17. The lowest BCUT2D eigenvalue weighted by molar-refractivity contribution is -0.119. The van der Waals surface area contributed by atoms with Gasteiger partial charge in [0.15, 0.2) is 0 Å². The number of amides is 1. The summed E-state index contributed by atoms with van der Waals surface area (Å²) in [6.45, 7) is 4.34. The minimum atomic E-state index is 0.0304. The summed E-state index contributed by atoms with van der Waals surface area (Å²) < 4.78 is 1.04. The van der Waals surface area contributed by atoms with E-state index >= 15 is 0 Å². The monoisotopic (exact) mass is 371 g/mol. The third-order valence-electron chi connectivity index (χ3n) is 3.79. The molecule has 3 aromatic rings. The number of thioether (sulfide) groups is 1. The number of fused-ring (bicyclic) bond motifs is 1. The Morgan fingerprint density at radius 1 is 1.20 bits per heavy atom. The largest absolute Gasteiger partial charge is 0.349 e. The third-order valence-corrected chi connectivity index (χ3v) is 5.82. The van der Waals surface area contributed by atoms with Crippen LogP contribution in [0.5, 0.6) is 0 Å². The SMILES string of the molecule is CC(C)CC(NC(=O)CSc1ncnc2ccsc12)c1ccccc1. The number of benzene rings is 1. The lowest BCUT2D eigenvalue weighted by Crippen LogP contribution is -2.30. The second kappa shape index (κ2) is 8.45. The van der Waals surface area contributed by atoms with E-state index in [1.807, 2.05) is 29.6 Å².